The number of amides is 1. The zero-order valence-electron chi connectivity index (χ0n) is 14.8. The van der Waals surface area contributed by atoms with Crippen LogP contribution in [0.5, 0.6) is 0 Å². The van der Waals surface area contributed by atoms with E-state index < -0.39 is 12.1 Å². The Kier molecular flexibility index (Phi) is 6.73. The number of aliphatic carboxylic acids is 1. The molecule has 152 valence electrons. The van der Waals surface area contributed by atoms with Crippen LogP contribution in [-0.4, -0.2) is 34.7 Å². The van der Waals surface area contributed by atoms with Crippen LogP contribution in [0.3, 0.4) is 0 Å². The van der Waals surface area contributed by atoms with E-state index in [0.717, 1.165) is 16.6 Å². The predicted octanol–water partition coefficient (Wildman–Crippen LogP) is 2.73. The molecule has 0 atom stereocenters. The minimum absolute atomic E-state index is 0.0959. The summed E-state index contributed by atoms with van der Waals surface area (Å²) >= 11 is 0. The van der Waals surface area contributed by atoms with E-state index in [-0.39, 0.29) is 18.0 Å². The molecule has 0 bridgehead atoms. The van der Waals surface area contributed by atoms with E-state index in [1.807, 2.05) is 42.5 Å². The number of carbonyl (C=O) groups excluding carboxylic acids is 1. The number of H-pyrrole nitrogens is 1. The molecule has 0 aliphatic heterocycles. The maximum absolute atomic E-state index is 12.3. The summed E-state index contributed by atoms with van der Waals surface area (Å²) in [5.74, 6) is -3.05. The fourth-order valence-corrected chi connectivity index (χ4v) is 2.32. The number of alkyl halides is 3. The van der Waals surface area contributed by atoms with Crippen molar-refractivity contribution in [1.29, 1.82) is 0 Å². The van der Waals surface area contributed by atoms with Gasteiger partial charge in [0.1, 0.15) is 0 Å². The van der Waals surface area contributed by atoms with Crippen molar-refractivity contribution in [2.45, 2.75) is 6.18 Å². The van der Waals surface area contributed by atoms with Crippen LogP contribution in [0.4, 0.5) is 18.9 Å². The molecule has 0 aliphatic rings. The van der Waals surface area contributed by atoms with Gasteiger partial charge in [0, 0.05) is 16.8 Å². The van der Waals surface area contributed by atoms with Gasteiger partial charge in [-0.15, -0.1) is 0 Å². The van der Waals surface area contributed by atoms with Gasteiger partial charge >= 0.3 is 12.1 Å². The number of fused-ring (bicyclic) bond motifs is 1. The van der Waals surface area contributed by atoms with Gasteiger partial charge < -0.3 is 21.1 Å². The molecule has 5 N–H and O–H groups in total. The lowest BCUT2D eigenvalue weighted by Crippen LogP contribution is -2.21. The molecule has 0 unspecified atom stereocenters. The van der Waals surface area contributed by atoms with Crippen LogP contribution >= 0.6 is 0 Å². The van der Waals surface area contributed by atoms with Crippen LogP contribution in [0.2, 0.25) is 0 Å². The standard InChI is InChI=1S/C17H15N3O2.C2HF3O2/c18-10-16(21)19-13-7-6-12-8-15(11-4-2-1-3-5-11)20-17(22)14(12)9-13;3-2(4,5)1(6)7/h1-9H,10,18H2,(H,19,21)(H,20,22);(H,6,7). The van der Waals surface area contributed by atoms with Crippen molar-refractivity contribution in [1.82, 2.24) is 4.98 Å². The number of aromatic nitrogens is 1. The summed E-state index contributed by atoms with van der Waals surface area (Å²) in [5.41, 5.74) is 7.34. The molecule has 29 heavy (non-hydrogen) atoms. The summed E-state index contributed by atoms with van der Waals surface area (Å²) in [6.45, 7) is -0.0959. The van der Waals surface area contributed by atoms with E-state index in [0.29, 0.717) is 11.1 Å². The molecule has 0 spiro atoms. The molecule has 0 saturated heterocycles. The van der Waals surface area contributed by atoms with Crippen molar-refractivity contribution < 1.29 is 27.9 Å². The number of anilines is 1. The van der Waals surface area contributed by atoms with Crippen LogP contribution in [-0.2, 0) is 9.59 Å². The molecule has 0 fully saturated rings. The number of hydrogen-bond acceptors (Lipinski definition) is 4. The van der Waals surface area contributed by atoms with E-state index in [2.05, 4.69) is 10.3 Å². The number of aromatic amines is 1. The number of benzene rings is 2. The minimum atomic E-state index is -5.08. The molecule has 0 aliphatic carbocycles. The van der Waals surface area contributed by atoms with Crippen molar-refractivity contribution >= 4 is 28.3 Å². The van der Waals surface area contributed by atoms with Gasteiger partial charge in [0.05, 0.1) is 6.54 Å². The first kappa shape index (κ1) is 21.6. The average molecular weight is 407 g/mol. The number of carboxylic acid groups (broad SMARTS) is 1. The highest BCUT2D eigenvalue weighted by atomic mass is 19.4. The fraction of sp³-hybridized carbons (Fsp3) is 0.105. The number of rotatable bonds is 3. The summed E-state index contributed by atoms with van der Waals surface area (Å²) in [7, 11) is 0. The van der Waals surface area contributed by atoms with Gasteiger partial charge in [-0.3, -0.25) is 9.59 Å². The van der Waals surface area contributed by atoms with E-state index >= 15 is 0 Å². The van der Waals surface area contributed by atoms with Crippen LogP contribution in [0.25, 0.3) is 22.0 Å². The third-order valence-electron chi connectivity index (χ3n) is 3.64. The highest BCUT2D eigenvalue weighted by Gasteiger charge is 2.38. The highest BCUT2D eigenvalue weighted by Crippen LogP contribution is 2.21. The second kappa shape index (κ2) is 9.02. The normalized spacial score (nSPS) is 10.8. The molecule has 7 nitrogen and oxygen atoms in total. The molecule has 2 aromatic carbocycles. The third kappa shape index (κ3) is 5.91. The Labute approximate surface area is 162 Å². The topological polar surface area (TPSA) is 125 Å². The average Bonchev–Trinajstić information content (AvgIpc) is 2.68. The first-order chi connectivity index (χ1) is 13.6. The summed E-state index contributed by atoms with van der Waals surface area (Å²) < 4.78 is 31.7. The quantitative estimate of drug-likeness (QED) is 0.531. The molecule has 10 heteroatoms. The first-order valence-corrected chi connectivity index (χ1v) is 8.14. The van der Waals surface area contributed by atoms with E-state index in [1.165, 1.54) is 0 Å². The van der Waals surface area contributed by atoms with Crippen molar-refractivity contribution in [3.05, 3.63) is 65.0 Å². The fourth-order valence-electron chi connectivity index (χ4n) is 2.32. The maximum atomic E-state index is 12.3. The number of halogens is 3. The lowest BCUT2D eigenvalue weighted by molar-refractivity contribution is -0.192. The van der Waals surface area contributed by atoms with Crippen LogP contribution < -0.4 is 16.6 Å². The van der Waals surface area contributed by atoms with Gasteiger partial charge in [-0.05, 0) is 29.1 Å². The number of nitrogens with two attached hydrogens (primary N) is 1. The Morgan fingerprint density at radius 2 is 1.69 bits per heavy atom. The zero-order chi connectivity index (χ0) is 21.6. The highest BCUT2D eigenvalue weighted by molar-refractivity contribution is 5.95. The monoisotopic (exact) mass is 407 g/mol. The SMILES string of the molecule is NCC(=O)Nc1ccc2cc(-c3ccccc3)[nH]c(=O)c2c1.O=C(O)C(F)(F)F. The Bertz CT molecular complexity index is 1080. The minimum Gasteiger partial charge on any atom is -0.475 e. The molecule has 3 aromatic rings. The molecule has 1 amide bonds. The first-order valence-electron chi connectivity index (χ1n) is 8.14. The summed E-state index contributed by atoms with van der Waals surface area (Å²) in [5, 5.41) is 11.1. The van der Waals surface area contributed by atoms with Gasteiger partial charge in [0.25, 0.3) is 5.56 Å². The van der Waals surface area contributed by atoms with Crippen molar-refractivity contribution in [3.63, 3.8) is 0 Å². The molecule has 1 heterocycles. The number of pyridine rings is 1. The molecule has 0 radical (unpaired) electrons. The predicted molar refractivity (Wildman–Crippen MR) is 101 cm³/mol. The van der Waals surface area contributed by atoms with E-state index in [9.17, 15) is 22.8 Å². The summed E-state index contributed by atoms with van der Waals surface area (Å²) in [6, 6.07) is 16.8. The number of carbonyl (C=O) groups is 2. The summed E-state index contributed by atoms with van der Waals surface area (Å²) in [6.07, 6.45) is -5.08. The molecule has 3 rings (SSSR count). The maximum Gasteiger partial charge on any atom is 0.490 e. The molecule has 0 saturated carbocycles. The van der Waals surface area contributed by atoms with Crippen LogP contribution in [0, 0.1) is 0 Å². The van der Waals surface area contributed by atoms with Crippen molar-refractivity contribution in [3.8, 4) is 11.3 Å². The van der Waals surface area contributed by atoms with Gasteiger partial charge in [-0.2, -0.15) is 13.2 Å². The largest absolute Gasteiger partial charge is 0.490 e. The van der Waals surface area contributed by atoms with E-state index in [1.54, 1.807) is 12.1 Å². The Hall–Kier alpha value is -3.66. The van der Waals surface area contributed by atoms with Gasteiger partial charge in [0.2, 0.25) is 5.91 Å². The van der Waals surface area contributed by atoms with Gasteiger partial charge in [-0.25, -0.2) is 4.79 Å². The zero-order valence-corrected chi connectivity index (χ0v) is 14.8. The van der Waals surface area contributed by atoms with E-state index in [4.69, 9.17) is 15.6 Å². The number of carboxylic acids is 1. The van der Waals surface area contributed by atoms with Gasteiger partial charge in [-0.1, -0.05) is 36.4 Å². The van der Waals surface area contributed by atoms with Crippen LogP contribution in [0.15, 0.2) is 59.4 Å². The Morgan fingerprint density at radius 3 is 2.24 bits per heavy atom. The second-order valence-corrected chi connectivity index (χ2v) is 5.74. The van der Waals surface area contributed by atoms with Crippen molar-refractivity contribution in [2.75, 3.05) is 11.9 Å². The van der Waals surface area contributed by atoms with Crippen LogP contribution in [0.1, 0.15) is 0 Å². The third-order valence-corrected chi connectivity index (χ3v) is 3.64. The molecular formula is C19H16F3N3O4. The Balaban J connectivity index is 0.000000370. The number of nitrogens with one attached hydrogen (secondary N) is 2. The van der Waals surface area contributed by atoms with Crippen molar-refractivity contribution in [2.24, 2.45) is 5.73 Å². The lowest BCUT2D eigenvalue weighted by atomic mass is 10.1. The second-order valence-electron chi connectivity index (χ2n) is 5.74. The molecule has 1 aromatic heterocycles. The summed E-state index contributed by atoms with van der Waals surface area (Å²) in [4.78, 5) is 35.4. The van der Waals surface area contributed by atoms with Gasteiger partial charge in [0.15, 0.2) is 0 Å². The number of hydrogen-bond donors (Lipinski definition) is 4. The Morgan fingerprint density at radius 1 is 1.07 bits per heavy atom. The molecular weight excluding hydrogens is 391 g/mol. The smallest absolute Gasteiger partial charge is 0.475 e. The lowest BCUT2D eigenvalue weighted by Gasteiger charge is -2.07.